The number of aliphatic hydroxyl groups excluding tert-OH is 2. The lowest BCUT2D eigenvalue weighted by Crippen LogP contribution is -2.55. The van der Waals surface area contributed by atoms with Crippen LogP contribution in [0, 0.1) is 11.8 Å². The van der Waals surface area contributed by atoms with Gasteiger partial charge in [0, 0.05) is 0 Å². The molecule has 1 saturated carbocycles. The summed E-state index contributed by atoms with van der Waals surface area (Å²) in [6.07, 6.45) is 3.97. The minimum Gasteiger partial charge on any atom is -0.444 e. The van der Waals surface area contributed by atoms with Crippen LogP contribution in [0.2, 0.25) is 0 Å². The molecule has 2 amide bonds. The Labute approximate surface area is 245 Å². The number of benzene rings is 2. The third kappa shape index (κ3) is 9.86. The van der Waals surface area contributed by atoms with Gasteiger partial charge in [-0.05, 0) is 99.8 Å². The van der Waals surface area contributed by atoms with Gasteiger partial charge in [-0.1, -0.05) is 62.4 Å². The number of alkyl carbamates (subject to hydrolysis) is 1. The van der Waals surface area contributed by atoms with Gasteiger partial charge in [0.15, 0.2) is 0 Å². The lowest BCUT2D eigenvalue weighted by molar-refractivity contribution is -0.126. The van der Waals surface area contributed by atoms with Crippen molar-refractivity contribution in [2.45, 2.75) is 115 Å². The van der Waals surface area contributed by atoms with Gasteiger partial charge in [0.05, 0.1) is 12.1 Å². The number of aliphatic hydroxyl groups is 2. The number of amides is 2. The quantitative estimate of drug-likeness (QED) is 0.228. The predicted octanol–water partition coefficient (Wildman–Crippen LogP) is 6.23. The Morgan fingerprint density at radius 3 is 2.32 bits per heavy atom. The molecule has 4 N–H and O–H groups in total. The Hall–Kier alpha value is -2.90. The van der Waals surface area contributed by atoms with E-state index in [9.17, 15) is 19.8 Å². The fourth-order valence-corrected chi connectivity index (χ4v) is 5.98. The molecule has 0 aliphatic heterocycles. The second-order valence-electron chi connectivity index (χ2n) is 13.0. The maximum absolute atomic E-state index is 13.4. The number of hydrogen-bond donors (Lipinski definition) is 4. The van der Waals surface area contributed by atoms with Gasteiger partial charge in [-0.15, -0.1) is 6.58 Å². The lowest BCUT2D eigenvalue weighted by Gasteiger charge is -2.35. The Kier molecular flexibility index (Phi) is 11.8. The van der Waals surface area contributed by atoms with Gasteiger partial charge in [0.25, 0.3) is 0 Å². The fraction of sp³-hybridized carbons (Fsp3) is 0.588. The third-order valence-electron chi connectivity index (χ3n) is 7.95. The zero-order chi connectivity index (χ0) is 30.2. The monoisotopic (exact) mass is 566 g/mol. The summed E-state index contributed by atoms with van der Waals surface area (Å²) in [5.74, 6) is 0.524. The molecule has 0 saturated heterocycles. The maximum atomic E-state index is 13.4. The minimum absolute atomic E-state index is 0.189. The van der Waals surface area contributed by atoms with E-state index >= 15 is 0 Å². The Balaban J connectivity index is 1.70. The second-order valence-corrected chi connectivity index (χ2v) is 13.0. The molecule has 1 fully saturated rings. The summed E-state index contributed by atoms with van der Waals surface area (Å²) in [5.41, 5.74) is 0.684. The van der Waals surface area contributed by atoms with Crippen LogP contribution in [0.25, 0.3) is 10.8 Å². The first kappa shape index (κ1) is 32.6. The third-order valence-corrected chi connectivity index (χ3v) is 7.95. The van der Waals surface area contributed by atoms with E-state index in [-0.39, 0.29) is 12.3 Å². The molecule has 1 aliphatic rings. The summed E-state index contributed by atoms with van der Waals surface area (Å²) >= 11 is 0. The highest BCUT2D eigenvalue weighted by molar-refractivity contribution is 5.86. The molecule has 4 atom stereocenters. The molecule has 41 heavy (non-hydrogen) atoms. The zero-order valence-electron chi connectivity index (χ0n) is 25.4. The Morgan fingerprint density at radius 1 is 1.02 bits per heavy atom. The van der Waals surface area contributed by atoms with Gasteiger partial charge >= 0.3 is 6.09 Å². The summed E-state index contributed by atoms with van der Waals surface area (Å²) < 4.78 is 5.34. The Morgan fingerprint density at radius 2 is 1.68 bits per heavy atom. The van der Waals surface area contributed by atoms with Gasteiger partial charge < -0.3 is 25.6 Å². The average molecular weight is 567 g/mol. The van der Waals surface area contributed by atoms with E-state index in [1.807, 2.05) is 13.8 Å². The van der Waals surface area contributed by atoms with Crippen molar-refractivity contribution in [3.05, 3.63) is 60.7 Å². The molecule has 0 heterocycles. The van der Waals surface area contributed by atoms with E-state index < -0.39 is 41.9 Å². The molecule has 0 radical (unpaired) electrons. The van der Waals surface area contributed by atoms with E-state index in [1.165, 1.54) is 16.3 Å². The molecule has 0 aromatic heterocycles. The van der Waals surface area contributed by atoms with Gasteiger partial charge in [0.2, 0.25) is 5.91 Å². The molecule has 1 aliphatic carbocycles. The van der Waals surface area contributed by atoms with Crippen LogP contribution in [0.1, 0.15) is 91.0 Å². The largest absolute Gasteiger partial charge is 0.444 e. The van der Waals surface area contributed by atoms with Gasteiger partial charge in [0.1, 0.15) is 17.7 Å². The molecule has 226 valence electrons. The number of rotatable bonds is 12. The van der Waals surface area contributed by atoms with Crippen LogP contribution in [-0.4, -0.2) is 52.1 Å². The standard InChI is InChI=1S/C34H50N2O5/c1-7-11-28(36-33(40)41-34(4,5)6)32(39)35-29(31(38)30(37)20-22(2)3)21-23-16-18-25(19-17-23)27-15-10-13-24-12-8-9-14-26(24)27/h7-10,12-15,22-23,25,28-31,37-38H,1,11,16-21H2,2-6H3,(H,35,39)(H,36,40)/t23?,25?,28-,29-,30-,31+/m0/s1. The van der Waals surface area contributed by atoms with Crippen molar-refractivity contribution in [1.29, 1.82) is 0 Å². The highest BCUT2D eigenvalue weighted by Crippen LogP contribution is 2.40. The van der Waals surface area contributed by atoms with Crippen LogP contribution >= 0.6 is 0 Å². The zero-order valence-corrected chi connectivity index (χ0v) is 25.4. The molecule has 0 spiro atoms. The summed E-state index contributed by atoms with van der Waals surface area (Å²) in [5, 5.41) is 30.2. The minimum atomic E-state index is -1.12. The van der Waals surface area contributed by atoms with Crippen molar-refractivity contribution in [3.8, 4) is 0 Å². The topological polar surface area (TPSA) is 108 Å². The molecule has 7 nitrogen and oxygen atoms in total. The molecule has 0 unspecified atom stereocenters. The summed E-state index contributed by atoms with van der Waals surface area (Å²) in [7, 11) is 0. The molecule has 0 bridgehead atoms. The van der Waals surface area contributed by atoms with E-state index in [4.69, 9.17) is 4.74 Å². The van der Waals surface area contributed by atoms with Gasteiger partial charge in [-0.2, -0.15) is 0 Å². The maximum Gasteiger partial charge on any atom is 0.408 e. The van der Waals surface area contributed by atoms with Crippen LogP contribution in [0.15, 0.2) is 55.1 Å². The van der Waals surface area contributed by atoms with Gasteiger partial charge in [-0.3, -0.25) is 4.79 Å². The summed E-state index contributed by atoms with van der Waals surface area (Å²) in [4.78, 5) is 25.8. The Bertz CT molecular complexity index is 1140. The number of hydrogen-bond acceptors (Lipinski definition) is 5. The predicted molar refractivity (Wildman–Crippen MR) is 165 cm³/mol. The van der Waals surface area contributed by atoms with Crippen LogP contribution in [-0.2, 0) is 9.53 Å². The van der Waals surface area contributed by atoms with E-state index in [2.05, 4.69) is 59.7 Å². The summed E-state index contributed by atoms with van der Waals surface area (Å²) in [6.45, 7) is 13.0. The van der Waals surface area contributed by atoms with E-state index in [0.717, 1.165) is 25.7 Å². The normalized spacial score (nSPS) is 20.6. The SMILES string of the molecule is C=CC[C@H](NC(=O)OC(C)(C)C)C(=O)N[C@@H](CC1CCC(c2cccc3ccccc23)CC1)[C@@H](O)[C@@H](O)CC(C)C. The second kappa shape index (κ2) is 14.8. The number of carbonyl (C=O) groups excluding carboxylic acids is 2. The first-order chi connectivity index (χ1) is 19.4. The first-order valence-corrected chi connectivity index (χ1v) is 15.1. The van der Waals surface area contributed by atoms with E-state index in [0.29, 0.717) is 24.7 Å². The van der Waals surface area contributed by atoms with Crippen LogP contribution in [0.5, 0.6) is 0 Å². The van der Waals surface area contributed by atoms with Crippen molar-refractivity contribution in [1.82, 2.24) is 10.6 Å². The van der Waals surface area contributed by atoms with Crippen molar-refractivity contribution >= 4 is 22.8 Å². The number of nitrogens with one attached hydrogen (secondary N) is 2. The smallest absolute Gasteiger partial charge is 0.408 e. The molecule has 3 rings (SSSR count). The molecule has 7 heteroatoms. The average Bonchev–Trinajstić information content (AvgIpc) is 2.90. The molecular weight excluding hydrogens is 516 g/mol. The summed E-state index contributed by atoms with van der Waals surface area (Å²) in [6, 6.07) is 13.5. The van der Waals surface area contributed by atoms with Gasteiger partial charge in [-0.25, -0.2) is 4.79 Å². The lowest BCUT2D eigenvalue weighted by atomic mass is 9.75. The van der Waals surface area contributed by atoms with Crippen molar-refractivity contribution in [3.63, 3.8) is 0 Å². The fourth-order valence-electron chi connectivity index (χ4n) is 5.98. The van der Waals surface area contributed by atoms with Crippen LogP contribution in [0.3, 0.4) is 0 Å². The van der Waals surface area contributed by atoms with E-state index in [1.54, 1.807) is 26.8 Å². The number of fused-ring (bicyclic) bond motifs is 1. The first-order valence-electron chi connectivity index (χ1n) is 15.1. The number of ether oxygens (including phenoxy) is 1. The highest BCUT2D eigenvalue weighted by atomic mass is 16.6. The highest BCUT2D eigenvalue weighted by Gasteiger charge is 2.34. The molecule has 2 aromatic carbocycles. The van der Waals surface area contributed by atoms with Crippen LogP contribution in [0.4, 0.5) is 4.79 Å². The van der Waals surface area contributed by atoms with Crippen LogP contribution < -0.4 is 10.6 Å². The number of carbonyl (C=O) groups is 2. The van der Waals surface area contributed by atoms with Crippen molar-refractivity contribution in [2.75, 3.05) is 0 Å². The molecule has 2 aromatic rings. The molecular formula is C34H50N2O5. The van der Waals surface area contributed by atoms with Crippen molar-refractivity contribution < 1.29 is 24.5 Å². The van der Waals surface area contributed by atoms with Crippen molar-refractivity contribution in [2.24, 2.45) is 11.8 Å².